The molecule has 10 heavy (non-hydrogen) atoms. The minimum atomic E-state index is 0.671. The predicted molar refractivity (Wildman–Crippen MR) is 38.3 cm³/mol. The second-order valence-corrected chi connectivity index (χ2v) is 2.11. The van der Waals surface area contributed by atoms with Crippen LogP contribution in [0, 0.1) is 0 Å². The molecule has 0 bridgehead atoms. The number of rotatable bonds is 0. The van der Waals surface area contributed by atoms with Gasteiger partial charge in [0.25, 0.3) is 0 Å². The molecule has 0 unspecified atom stereocenters. The molecule has 0 aromatic rings. The molecule has 1 aliphatic carbocycles. The van der Waals surface area contributed by atoms with Crippen molar-refractivity contribution in [3.8, 4) is 0 Å². The van der Waals surface area contributed by atoms with Crippen LogP contribution < -0.4 is 0 Å². The van der Waals surface area contributed by atoms with Gasteiger partial charge in [0.15, 0.2) is 0 Å². The van der Waals surface area contributed by atoms with Gasteiger partial charge in [0.05, 0.1) is 0 Å². The Morgan fingerprint density at radius 1 is 1.30 bits per heavy atom. The van der Waals surface area contributed by atoms with E-state index in [0.717, 1.165) is 11.3 Å². The molecule has 0 atom stereocenters. The van der Waals surface area contributed by atoms with Crippen LogP contribution in [0.4, 0.5) is 0 Å². The van der Waals surface area contributed by atoms with Crippen molar-refractivity contribution in [1.82, 2.24) is 0 Å². The van der Waals surface area contributed by atoms with Crippen LogP contribution in [-0.4, -0.2) is 6.61 Å². The smallest absolute Gasteiger partial charge is 0.135 e. The van der Waals surface area contributed by atoms with E-state index >= 15 is 0 Å². The van der Waals surface area contributed by atoms with E-state index in [9.17, 15) is 0 Å². The summed E-state index contributed by atoms with van der Waals surface area (Å²) in [6.07, 6.45) is 7.68. The minimum absolute atomic E-state index is 0.671. The zero-order valence-electron chi connectivity index (χ0n) is 5.42. The highest BCUT2D eigenvalue weighted by Crippen LogP contribution is 2.16. The fourth-order valence-corrected chi connectivity index (χ4v) is 0.949. The van der Waals surface area contributed by atoms with Crippen molar-refractivity contribution in [2.24, 2.45) is 0 Å². The number of hydrogen-bond acceptors (Lipinski definition) is 1. The third-order valence-electron chi connectivity index (χ3n) is 1.43. The predicted octanol–water partition coefficient (Wildman–Crippen LogP) is 1.71. The largest absolute Gasteiger partial charge is 0.488 e. The zero-order valence-corrected chi connectivity index (χ0v) is 5.42. The van der Waals surface area contributed by atoms with Gasteiger partial charge in [-0.3, -0.25) is 0 Å². The molecule has 0 fully saturated rings. The molecular weight excluding hydrogens is 124 g/mol. The van der Waals surface area contributed by atoms with E-state index in [2.05, 4.69) is 11.5 Å². The van der Waals surface area contributed by atoms with Crippen LogP contribution in [-0.2, 0) is 4.74 Å². The molecule has 0 N–H and O–H groups in total. The first-order chi connectivity index (χ1) is 4.97. The molecule has 1 heterocycles. The van der Waals surface area contributed by atoms with Crippen molar-refractivity contribution < 1.29 is 4.74 Å². The molecule has 48 valence electrons. The molecule has 1 heteroatoms. The summed E-state index contributed by atoms with van der Waals surface area (Å²) < 4.78 is 5.29. The highest BCUT2D eigenvalue weighted by Gasteiger charge is 2.04. The third-order valence-corrected chi connectivity index (χ3v) is 1.43. The Hall–Kier alpha value is -1.42. The van der Waals surface area contributed by atoms with Crippen molar-refractivity contribution >= 4 is 0 Å². The molecule has 0 saturated heterocycles. The summed E-state index contributed by atoms with van der Waals surface area (Å²) in [6, 6.07) is 0. The van der Waals surface area contributed by atoms with Gasteiger partial charge in [0.1, 0.15) is 12.4 Å². The molecule has 0 amide bonds. The van der Waals surface area contributed by atoms with Crippen LogP contribution in [0.3, 0.4) is 0 Å². The van der Waals surface area contributed by atoms with E-state index in [1.807, 2.05) is 18.2 Å². The average Bonchev–Trinajstić information content (AvgIpc) is 2.05. The molecule has 0 aromatic heterocycles. The quantitative estimate of drug-likeness (QED) is 0.453. The average molecular weight is 130 g/mol. The minimum Gasteiger partial charge on any atom is -0.488 e. The van der Waals surface area contributed by atoms with Crippen LogP contribution in [0.15, 0.2) is 47.1 Å². The Bertz CT molecular complexity index is 306. The van der Waals surface area contributed by atoms with Gasteiger partial charge >= 0.3 is 0 Å². The van der Waals surface area contributed by atoms with Gasteiger partial charge < -0.3 is 4.74 Å². The summed E-state index contributed by atoms with van der Waals surface area (Å²) in [5.74, 6) is 0.904. The lowest BCUT2D eigenvalue weighted by Crippen LogP contribution is -1.98. The first-order valence-corrected chi connectivity index (χ1v) is 3.18. The first-order valence-electron chi connectivity index (χ1n) is 3.18. The lowest BCUT2D eigenvalue weighted by Gasteiger charge is -2.11. The molecule has 0 saturated carbocycles. The maximum atomic E-state index is 5.29. The lowest BCUT2D eigenvalue weighted by molar-refractivity contribution is 0.255. The summed E-state index contributed by atoms with van der Waals surface area (Å²) >= 11 is 0. The molecule has 0 aromatic carbocycles. The Morgan fingerprint density at radius 3 is 3.10 bits per heavy atom. The van der Waals surface area contributed by atoms with E-state index in [4.69, 9.17) is 4.74 Å². The van der Waals surface area contributed by atoms with E-state index in [1.165, 1.54) is 0 Å². The van der Waals surface area contributed by atoms with E-state index in [-0.39, 0.29) is 0 Å². The third kappa shape index (κ3) is 0.745. The van der Waals surface area contributed by atoms with Crippen molar-refractivity contribution in [2.45, 2.75) is 0 Å². The van der Waals surface area contributed by atoms with Gasteiger partial charge in [0.2, 0.25) is 0 Å². The molecule has 0 spiro atoms. The molecule has 0 radical (unpaired) electrons. The summed E-state index contributed by atoms with van der Waals surface area (Å²) in [7, 11) is 0. The lowest BCUT2D eigenvalue weighted by atomic mass is 10.1. The van der Waals surface area contributed by atoms with Crippen LogP contribution in [0.5, 0.6) is 0 Å². The van der Waals surface area contributed by atoms with Gasteiger partial charge in [-0.15, -0.1) is 0 Å². The van der Waals surface area contributed by atoms with Gasteiger partial charge in [0, 0.05) is 11.6 Å². The summed E-state index contributed by atoms with van der Waals surface area (Å²) in [5, 5.41) is 0. The molecule has 1 nitrogen and oxygen atoms in total. The van der Waals surface area contributed by atoms with E-state index in [0.29, 0.717) is 6.61 Å². The topological polar surface area (TPSA) is 9.23 Å². The fourth-order valence-electron chi connectivity index (χ4n) is 0.949. The van der Waals surface area contributed by atoms with Crippen LogP contribution >= 0.6 is 0 Å². The highest BCUT2D eigenvalue weighted by atomic mass is 16.5. The van der Waals surface area contributed by atoms with Crippen molar-refractivity contribution in [1.29, 1.82) is 0 Å². The fraction of sp³-hybridized carbons (Fsp3) is 0.111. The summed E-state index contributed by atoms with van der Waals surface area (Å²) in [4.78, 5) is 0. The van der Waals surface area contributed by atoms with E-state index < -0.39 is 0 Å². The highest BCUT2D eigenvalue weighted by molar-refractivity contribution is 5.41. The number of allylic oxidation sites excluding steroid dienone is 4. The molecule has 1 aliphatic heterocycles. The van der Waals surface area contributed by atoms with Crippen molar-refractivity contribution in [2.75, 3.05) is 6.61 Å². The Kier molecular flexibility index (Phi) is 1.11. The van der Waals surface area contributed by atoms with Gasteiger partial charge in [-0.05, 0) is 12.2 Å². The SMILES string of the molecule is C1=C=CC2=C(C=1)C=CCO2. The van der Waals surface area contributed by atoms with Crippen LogP contribution in [0.1, 0.15) is 0 Å². The Morgan fingerprint density at radius 2 is 2.20 bits per heavy atom. The maximum Gasteiger partial charge on any atom is 0.135 e. The molecular formula is C9H6O. The normalized spacial score (nSPS) is 19.2. The second-order valence-electron chi connectivity index (χ2n) is 2.11. The summed E-state index contributed by atoms with van der Waals surface area (Å²) in [5.41, 5.74) is 6.79. The monoisotopic (exact) mass is 130 g/mol. The molecule has 2 aliphatic rings. The van der Waals surface area contributed by atoms with E-state index in [1.54, 1.807) is 6.08 Å². The first kappa shape index (κ1) is 5.37. The van der Waals surface area contributed by atoms with Crippen molar-refractivity contribution in [3.05, 3.63) is 47.1 Å². The number of hydrogen-bond donors (Lipinski definition) is 0. The zero-order chi connectivity index (χ0) is 6.81. The number of ether oxygens (including phenoxy) is 1. The second kappa shape index (κ2) is 2.07. The van der Waals surface area contributed by atoms with Crippen molar-refractivity contribution in [3.63, 3.8) is 0 Å². The Labute approximate surface area is 59.3 Å². The van der Waals surface area contributed by atoms with Crippen LogP contribution in [0.25, 0.3) is 0 Å². The van der Waals surface area contributed by atoms with Gasteiger partial charge in [-0.2, -0.15) is 0 Å². The summed E-state index contributed by atoms with van der Waals surface area (Å²) in [6.45, 7) is 0.671. The Balaban J connectivity index is 2.48. The maximum absolute atomic E-state index is 5.29. The van der Waals surface area contributed by atoms with Crippen LogP contribution in [0.2, 0.25) is 0 Å². The standard InChI is InChI=1S/C9H6O/c1-2-6-9-8(4-1)5-3-7-10-9/h3-6H,7H2. The molecule has 2 rings (SSSR count). The van der Waals surface area contributed by atoms with Gasteiger partial charge in [-0.1, -0.05) is 17.5 Å². The van der Waals surface area contributed by atoms with Gasteiger partial charge in [-0.25, -0.2) is 0 Å².